The van der Waals surface area contributed by atoms with Gasteiger partial charge in [-0.1, -0.05) is 25.7 Å². The standard InChI is InChI=1S/C22H33F3N6O3/c1-14-11-30(8-7-29(14)2)21-18(23)17(27-20(28-21)19(24)25)10-26-22(33)16(12-31(34)13-32)9-15-5-3-4-6-15/h13-16,19,34H,3-12H2,1-2H3,(H,26,33)/t14-,16+/m0/s1. The summed E-state index contributed by atoms with van der Waals surface area (Å²) < 4.78 is 42.2. The normalized spacial score (nSPS) is 20.6. The van der Waals surface area contributed by atoms with Crippen molar-refractivity contribution >= 4 is 18.1 Å². The molecule has 2 fully saturated rings. The summed E-state index contributed by atoms with van der Waals surface area (Å²) >= 11 is 0. The van der Waals surface area contributed by atoms with Crippen LogP contribution in [-0.2, 0) is 16.1 Å². The Kier molecular flexibility index (Phi) is 9.06. The molecule has 1 aromatic heterocycles. The highest BCUT2D eigenvalue weighted by atomic mass is 19.3. The van der Waals surface area contributed by atoms with E-state index in [2.05, 4.69) is 20.2 Å². The Balaban J connectivity index is 1.76. The van der Waals surface area contributed by atoms with Crippen molar-refractivity contribution in [2.24, 2.45) is 11.8 Å². The summed E-state index contributed by atoms with van der Waals surface area (Å²) in [5.74, 6) is -2.75. The van der Waals surface area contributed by atoms with Crippen molar-refractivity contribution in [3.05, 3.63) is 17.3 Å². The molecule has 3 rings (SSSR count). The van der Waals surface area contributed by atoms with Crippen LogP contribution in [0.2, 0.25) is 0 Å². The lowest BCUT2D eigenvalue weighted by molar-refractivity contribution is -0.155. The molecule has 0 radical (unpaired) electrons. The van der Waals surface area contributed by atoms with Crippen LogP contribution in [0.5, 0.6) is 0 Å². The molecule has 2 atom stereocenters. The predicted octanol–water partition coefficient (Wildman–Crippen LogP) is 2.35. The first-order valence-corrected chi connectivity index (χ1v) is 11.7. The zero-order valence-electron chi connectivity index (χ0n) is 19.6. The molecule has 2 aliphatic rings. The number of piperazine rings is 1. The van der Waals surface area contributed by atoms with Crippen LogP contribution in [0, 0.1) is 17.7 Å². The van der Waals surface area contributed by atoms with Crippen LogP contribution in [0.25, 0.3) is 0 Å². The van der Waals surface area contributed by atoms with Crippen molar-refractivity contribution in [1.29, 1.82) is 0 Å². The maximum absolute atomic E-state index is 15.3. The van der Waals surface area contributed by atoms with Gasteiger partial charge in [0, 0.05) is 25.7 Å². The summed E-state index contributed by atoms with van der Waals surface area (Å²) in [5, 5.41) is 12.6. The van der Waals surface area contributed by atoms with Crippen LogP contribution < -0.4 is 10.2 Å². The number of amides is 2. The number of aromatic nitrogens is 2. The maximum Gasteiger partial charge on any atom is 0.297 e. The van der Waals surface area contributed by atoms with Crippen LogP contribution in [0.3, 0.4) is 0 Å². The number of anilines is 1. The first-order valence-electron chi connectivity index (χ1n) is 11.7. The van der Waals surface area contributed by atoms with Gasteiger partial charge in [0.1, 0.15) is 5.69 Å². The SMILES string of the molecule is C[C@H]1CN(c2nc(C(F)F)nc(CNC(=O)[C@H](CC3CCCC3)CN(O)C=O)c2F)CCN1C. The van der Waals surface area contributed by atoms with Gasteiger partial charge in [0.15, 0.2) is 17.5 Å². The van der Waals surface area contributed by atoms with Crippen LogP contribution in [0.4, 0.5) is 19.0 Å². The topological polar surface area (TPSA) is 102 Å². The molecule has 1 saturated heterocycles. The maximum atomic E-state index is 15.3. The van der Waals surface area contributed by atoms with Crippen molar-refractivity contribution in [2.75, 3.05) is 38.1 Å². The van der Waals surface area contributed by atoms with E-state index in [0.717, 1.165) is 25.7 Å². The number of alkyl halides is 2. The zero-order valence-corrected chi connectivity index (χ0v) is 19.6. The van der Waals surface area contributed by atoms with Gasteiger partial charge < -0.3 is 15.1 Å². The Morgan fingerprint density at radius 1 is 1.29 bits per heavy atom. The van der Waals surface area contributed by atoms with Gasteiger partial charge in [-0.15, -0.1) is 0 Å². The Hall–Kier alpha value is -2.47. The van der Waals surface area contributed by atoms with Crippen LogP contribution in [0.15, 0.2) is 0 Å². The second kappa shape index (κ2) is 11.8. The van der Waals surface area contributed by atoms with Gasteiger partial charge in [0.2, 0.25) is 12.3 Å². The number of nitrogens with zero attached hydrogens (tertiary/aromatic N) is 5. The van der Waals surface area contributed by atoms with Crippen molar-refractivity contribution in [3.63, 3.8) is 0 Å². The van der Waals surface area contributed by atoms with E-state index in [-0.39, 0.29) is 30.5 Å². The summed E-state index contributed by atoms with van der Waals surface area (Å²) in [7, 11) is 1.93. The minimum Gasteiger partial charge on any atom is -0.351 e. The number of halogens is 3. The van der Waals surface area contributed by atoms with E-state index in [1.165, 1.54) is 0 Å². The second-order valence-electron chi connectivity index (χ2n) is 9.27. The summed E-state index contributed by atoms with van der Waals surface area (Å²) in [6.07, 6.45) is 1.73. The van der Waals surface area contributed by atoms with E-state index in [1.54, 1.807) is 4.90 Å². The molecular formula is C22H33F3N6O3. The van der Waals surface area contributed by atoms with E-state index in [4.69, 9.17) is 0 Å². The summed E-state index contributed by atoms with van der Waals surface area (Å²) in [4.78, 5) is 34.9. The number of hydroxylamine groups is 2. The monoisotopic (exact) mass is 486 g/mol. The van der Waals surface area contributed by atoms with Crippen LogP contribution >= 0.6 is 0 Å². The minimum atomic E-state index is -3.00. The molecule has 9 nitrogen and oxygen atoms in total. The predicted molar refractivity (Wildman–Crippen MR) is 118 cm³/mol. The average Bonchev–Trinajstić information content (AvgIpc) is 3.32. The molecule has 34 heavy (non-hydrogen) atoms. The average molecular weight is 487 g/mol. The third-order valence-corrected chi connectivity index (χ3v) is 6.80. The fraction of sp³-hybridized carbons (Fsp3) is 0.727. The molecule has 0 spiro atoms. The van der Waals surface area contributed by atoms with Crippen molar-refractivity contribution in [1.82, 2.24) is 25.2 Å². The van der Waals surface area contributed by atoms with Crippen molar-refractivity contribution in [3.8, 4) is 0 Å². The molecule has 2 N–H and O–H groups in total. The largest absolute Gasteiger partial charge is 0.351 e. The van der Waals surface area contributed by atoms with Gasteiger partial charge in [0.25, 0.3) is 6.43 Å². The van der Waals surface area contributed by atoms with E-state index in [9.17, 15) is 23.6 Å². The quantitative estimate of drug-likeness (QED) is 0.297. The van der Waals surface area contributed by atoms with E-state index < -0.39 is 36.4 Å². The van der Waals surface area contributed by atoms with E-state index in [1.807, 2.05) is 14.0 Å². The van der Waals surface area contributed by atoms with E-state index >= 15 is 4.39 Å². The number of nitrogens with one attached hydrogen (secondary N) is 1. The first kappa shape index (κ1) is 26.1. The lowest BCUT2D eigenvalue weighted by Gasteiger charge is -2.38. The van der Waals surface area contributed by atoms with Crippen LogP contribution in [0.1, 0.15) is 57.0 Å². The molecule has 12 heteroatoms. The molecule has 1 aromatic rings. The number of carbonyl (C=O) groups is 2. The highest BCUT2D eigenvalue weighted by Gasteiger charge is 2.30. The van der Waals surface area contributed by atoms with Crippen LogP contribution in [-0.4, -0.2) is 76.7 Å². The van der Waals surface area contributed by atoms with Gasteiger partial charge >= 0.3 is 0 Å². The Morgan fingerprint density at radius 2 is 2.00 bits per heavy atom. The molecule has 0 unspecified atom stereocenters. The fourth-order valence-electron chi connectivity index (χ4n) is 4.66. The third-order valence-electron chi connectivity index (χ3n) is 6.80. The summed E-state index contributed by atoms with van der Waals surface area (Å²) in [6, 6.07) is 0.0804. The highest BCUT2D eigenvalue weighted by Crippen LogP contribution is 2.31. The van der Waals surface area contributed by atoms with Gasteiger partial charge in [-0.2, -0.15) is 0 Å². The number of likely N-dealkylation sites (N-methyl/N-ethyl adjacent to an activating group) is 1. The molecule has 2 amide bonds. The first-order chi connectivity index (χ1) is 16.2. The molecule has 2 heterocycles. The Bertz CT molecular complexity index is 855. The molecular weight excluding hydrogens is 453 g/mol. The van der Waals surface area contributed by atoms with Gasteiger partial charge in [-0.25, -0.2) is 28.2 Å². The van der Waals surface area contributed by atoms with Gasteiger partial charge in [-0.3, -0.25) is 14.8 Å². The molecule has 190 valence electrons. The van der Waals surface area contributed by atoms with Gasteiger partial charge in [0.05, 0.1) is 19.0 Å². The van der Waals surface area contributed by atoms with Crippen molar-refractivity contribution < 1.29 is 28.0 Å². The Labute approximate surface area is 197 Å². The highest BCUT2D eigenvalue weighted by molar-refractivity contribution is 5.79. The zero-order chi connectivity index (χ0) is 24.8. The molecule has 1 aliphatic heterocycles. The third kappa shape index (κ3) is 6.56. The van der Waals surface area contributed by atoms with Gasteiger partial charge in [-0.05, 0) is 26.3 Å². The fourth-order valence-corrected chi connectivity index (χ4v) is 4.66. The number of carbonyl (C=O) groups excluding carboxylic acids is 2. The molecule has 0 aromatic carbocycles. The Morgan fingerprint density at radius 3 is 2.62 bits per heavy atom. The second-order valence-corrected chi connectivity index (χ2v) is 9.27. The lowest BCUT2D eigenvalue weighted by atomic mass is 9.92. The minimum absolute atomic E-state index is 0.0804. The molecule has 0 bridgehead atoms. The molecule has 1 saturated carbocycles. The molecule has 1 aliphatic carbocycles. The lowest BCUT2D eigenvalue weighted by Crippen LogP contribution is -2.50. The smallest absolute Gasteiger partial charge is 0.297 e. The van der Waals surface area contributed by atoms with Crippen molar-refractivity contribution in [2.45, 2.75) is 58.0 Å². The number of hydrogen-bond acceptors (Lipinski definition) is 7. The summed E-state index contributed by atoms with van der Waals surface area (Å²) in [5.41, 5.74) is -0.323. The number of rotatable bonds is 10. The number of hydrogen-bond donors (Lipinski definition) is 2. The summed E-state index contributed by atoms with van der Waals surface area (Å²) in [6.45, 7) is 2.81. The van der Waals surface area contributed by atoms with E-state index in [0.29, 0.717) is 37.0 Å².